The van der Waals surface area contributed by atoms with E-state index in [2.05, 4.69) is 62.8 Å². The van der Waals surface area contributed by atoms with E-state index in [0.717, 1.165) is 52.0 Å². The van der Waals surface area contributed by atoms with Crippen molar-refractivity contribution >= 4 is 38.4 Å². The highest BCUT2D eigenvalue weighted by atomic mass is 79.9. The standard InChI is InChI=1S/C24H30BrN5O2/c1-24(2,3)13-18(31)8-10-32-14-17-5-4-9-30(17)22-12-20(23-26-15-27-29-23)19-7-6-16(25)11-21(19)28-22/h6-7,11-12,15,17H,4-5,8-10,13-14H2,1-3H3,(H,26,27,29)/t17-/m0/s1. The molecular weight excluding hydrogens is 470 g/mol. The second-order valence-corrected chi connectivity index (χ2v) is 10.5. The number of fused-ring (bicyclic) bond motifs is 1. The molecule has 0 saturated carbocycles. The zero-order valence-electron chi connectivity index (χ0n) is 18.9. The van der Waals surface area contributed by atoms with E-state index < -0.39 is 0 Å². The van der Waals surface area contributed by atoms with Gasteiger partial charge >= 0.3 is 0 Å². The van der Waals surface area contributed by atoms with Crippen molar-refractivity contribution in [3.8, 4) is 11.4 Å². The van der Waals surface area contributed by atoms with Gasteiger partial charge in [0.05, 0.1) is 24.8 Å². The Hall–Kier alpha value is -2.32. The number of Topliss-reactive ketones (excluding diaryl/α,β-unsaturated/α-hetero) is 1. The van der Waals surface area contributed by atoms with Crippen molar-refractivity contribution in [3.05, 3.63) is 35.1 Å². The first kappa shape index (κ1) is 22.9. The molecule has 2 aromatic heterocycles. The van der Waals surface area contributed by atoms with Gasteiger partial charge in [-0.2, -0.15) is 5.10 Å². The van der Waals surface area contributed by atoms with Crippen molar-refractivity contribution in [1.82, 2.24) is 20.2 Å². The van der Waals surface area contributed by atoms with Gasteiger partial charge in [-0.05, 0) is 36.5 Å². The van der Waals surface area contributed by atoms with Crippen molar-refractivity contribution < 1.29 is 9.53 Å². The number of hydrogen-bond donors (Lipinski definition) is 1. The van der Waals surface area contributed by atoms with Gasteiger partial charge in [0, 0.05) is 34.8 Å². The fourth-order valence-corrected chi connectivity index (χ4v) is 4.61. The molecule has 4 rings (SSSR count). The van der Waals surface area contributed by atoms with Gasteiger partial charge < -0.3 is 9.64 Å². The van der Waals surface area contributed by atoms with Crippen molar-refractivity contribution in [3.63, 3.8) is 0 Å². The number of carbonyl (C=O) groups excluding carboxylic acids is 1. The number of nitrogens with one attached hydrogen (secondary N) is 1. The number of pyridine rings is 1. The number of halogens is 1. The lowest BCUT2D eigenvalue weighted by molar-refractivity contribution is -0.121. The van der Waals surface area contributed by atoms with Gasteiger partial charge in [0.25, 0.3) is 0 Å². The normalized spacial score (nSPS) is 16.8. The molecule has 1 aliphatic heterocycles. The highest BCUT2D eigenvalue weighted by molar-refractivity contribution is 9.10. The Kier molecular flexibility index (Phi) is 6.90. The van der Waals surface area contributed by atoms with Crippen LogP contribution in [-0.4, -0.2) is 51.7 Å². The van der Waals surface area contributed by atoms with Crippen LogP contribution in [0.2, 0.25) is 0 Å². The third-order valence-electron chi connectivity index (χ3n) is 5.66. The van der Waals surface area contributed by atoms with Crippen molar-refractivity contribution in [2.75, 3.05) is 24.7 Å². The van der Waals surface area contributed by atoms with Crippen LogP contribution in [0.25, 0.3) is 22.3 Å². The fourth-order valence-electron chi connectivity index (χ4n) is 4.26. The van der Waals surface area contributed by atoms with E-state index in [1.165, 1.54) is 6.33 Å². The summed E-state index contributed by atoms with van der Waals surface area (Å²) in [5.74, 6) is 1.90. The lowest BCUT2D eigenvalue weighted by atomic mass is 9.89. The summed E-state index contributed by atoms with van der Waals surface area (Å²) >= 11 is 3.56. The van der Waals surface area contributed by atoms with Crippen molar-refractivity contribution in [2.24, 2.45) is 5.41 Å². The molecule has 8 heteroatoms. The van der Waals surface area contributed by atoms with Crippen LogP contribution in [0, 0.1) is 5.41 Å². The van der Waals surface area contributed by atoms with Crippen LogP contribution in [-0.2, 0) is 9.53 Å². The minimum absolute atomic E-state index is 0.0251. The minimum atomic E-state index is 0.0251. The number of H-pyrrole nitrogens is 1. The zero-order chi connectivity index (χ0) is 22.7. The van der Waals surface area contributed by atoms with E-state index in [0.29, 0.717) is 26.1 Å². The molecule has 0 unspecified atom stereocenters. The molecule has 1 atom stereocenters. The smallest absolute Gasteiger partial charge is 0.156 e. The van der Waals surface area contributed by atoms with Crippen LogP contribution in [0.4, 0.5) is 5.82 Å². The largest absolute Gasteiger partial charge is 0.379 e. The van der Waals surface area contributed by atoms with E-state index in [9.17, 15) is 4.79 Å². The molecule has 7 nitrogen and oxygen atoms in total. The molecular formula is C24H30BrN5O2. The van der Waals surface area contributed by atoms with Gasteiger partial charge in [-0.1, -0.05) is 42.8 Å². The van der Waals surface area contributed by atoms with Crippen LogP contribution >= 0.6 is 15.9 Å². The Morgan fingerprint density at radius 1 is 1.31 bits per heavy atom. The summed E-state index contributed by atoms with van der Waals surface area (Å²) in [7, 11) is 0. The molecule has 1 saturated heterocycles. The summed E-state index contributed by atoms with van der Waals surface area (Å²) in [5.41, 5.74) is 1.91. The Morgan fingerprint density at radius 3 is 2.91 bits per heavy atom. The van der Waals surface area contributed by atoms with Gasteiger partial charge in [-0.3, -0.25) is 9.89 Å². The van der Waals surface area contributed by atoms with Gasteiger partial charge in [0.1, 0.15) is 17.9 Å². The average molecular weight is 500 g/mol. The number of ether oxygens (including phenoxy) is 1. The summed E-state index contributed by atoms with van der Waals surface area (Å²) in [5, 5.41) is 8.03. The molecule has 1 aromatic carbocycles. The highest BCUT2D eigenvalue weighted by Gasteiger charge is 2.27. The SMILES string of the molecule is CC(C)(C)CC(=O)CCOC[C@@H]1CCCN1c1cc(-c2ncn[nH]2)c2ccc(Br)cc2n1. The number of aromatic amines is 1. The zero-order valence-corrected chi connectivity index (χ0v) is 20.5. The molecule has 0 bridgehead atoms. The lowest BCUT2D eigenvalue weighted by Gasteiger charge is -2.26. The molecule has 0 spiro atoms. The fraction of sp³-hybridized carbons (Fsp3) is 0.500. The topological polar surface area (TPSA) is 84.0 Å². The van der Waals surface area contributed by atoms with E-state index in [-0.39, 0.29) is 17.2 Å². The second kappa shape index (κ2) is 9.67. The number of benzene rings is 1. The number of ketones is 1. The van der Waals surface area contributed by atoms with Gasteiger partial charge in [0.2, 0.25) is 0 Å². The molecule has 0 aliphatic carbocycles. The third kappa shape index (κ3) is 5.53. The lowest BCUT2D eigenvalue weighted by Crippen LogP contribution is -2.34. The summed E-state index contributed by atoms with van der Waals surface area (Å²) < 4.78 is 6.92. The first-order valence-corrected chi connectivity index (χ1v) is 11.9. The number of nitrogens with zero attached hydrogens (tertiary/aromatic N) is 4. The molecule has 3 aromatic rings. The molecule has 0 radical (unpaired) electrons. The predicted octanol–water partition coefficient (Wildman–Crippen LogP) is 5.16. The first-order valence-electron chi connectivity index (χ1n) is 11.1. The maximum absolute atomic E-state index is 12.1. The number of rotatable bonds is 8. The third-order valence-corrected chi connectivity index (χ3v) is 6.16. The van der Waals surface area contributed by atoms with Crippen LogP contribution in [0.3, 0.4) is 0 Å². The highest BCUT2D eigenvalue weighted by Crippen LogP contribution is 2.33. The molecule has 1 N–H and O–H groups in total. The molecule has 3 heterocycles. The molecule has 1 aliphatic rings. The number of aromatic nitrogens is 4. The Bertz CT molecular complexity index is 1080. The minimum Gasteiger partial charge on any atom is -0.379 e. The van der Waals surface area contributed by atoms with E-state index in [1.807, 2.05) is 18.2 Å². The van der Waals surface area contributed by atoms with Crippen molar-refractivity contribution in [1.29, 1.82) is 0 Å². The maximum atomic E-state index is 12.1. The predicted molar refractivity (Wildman–Crippen MR) is 130 cm³/mol. The van der Waals surface area contributed by atoms with Crippen molar-refractivity contribution in [2.45, 2.75) is 52.5 Å². The van der Waals surface area contributed by atoms with Crippen LogP contribution in [0.5, 0.6) is 0 Å². The van der Waals surface area contributed by atoms with Gasteiger partial charge in [0.15, 0.2) is 5.82 Å². The van der Waals surface area contributed by atoms with Crippen LogP contribution in [0.1, 0.15) is 46.5 Å². The number of carbonyl (C=O) groups is 1. The number of anilines is 1. The molecule has 1 fully saturated rings. The monoisotopic (exact) mass is 499 g/mol. The number of hydrogen-bond acceptors (Lipinski definition) is 6. The molecule has 170 valence electrons. The van der Waals surface area contributed by atoms with E-state index in [4.69, 9.17) is 9.72 Å². The Balaban J connectivity index is 1.49. The summed E-state index contributed by atoms with van der Waals surface area (Å²) in [4.78, 5) is 23.8. The quantitative estimate of drug-likeness (QED) is 0.430. The summed E-state index contributed by atoms with van der Waals surface area (Å²) in [6.07, 6.45) is 4.72. The average Bonchev–Trinajstić information content (AvgIpc) is 3.41. The summed E-state index contributed by atoms with van der Waals surface area (Å²) in [6, 6.07) is 8.42. The van der Waals surface area contributed by atoms with E-state index in [1.54, 1.807) is 0 Å². The first-order chi connectivity index (χ1) is 15.3. The van der Waals surface area contributed by atoms with Crippen LogP contribution < -0.4 is 4.90 Å². The Labute approximate surface area is 197 Å². The van der Waals surface area contributed by atoms with Gasteiger partial charge in [-0.25, -0.2) is 9.97 Å². The molecule has 0 amide bonds. The Morgan fingerprint density at radius 2 is 2.16 bits per heavy atom. The second-order valence-electron chi connectivity index (χ2n) is 9.61. The maximum Gasteiger partial charge on any atom is 0.156 e. The summed E-state index contributed by atoms with van der Waals surface area (Å²) in [6.45, 7) is 8.26. The van der Waals surface area contributed by atoms with E-state index >= 15 is 0 Å². The molecule has 32 heavy (non-hydrogen) atoms. The van der Waals surface area contributed by atoms with Gasteiger partial charge in [-0.15, -0.1) is 0 Å². The van der Waals surface area contributed by atoms with Crippen LogP contribution in [0.15, 0.2) is 35.1 Å².